The molecule has 0 aromatic heterocycles. The average Bonchev–Trinajstić information content (AvgIpc) is 1.94. The summed E-state index contributed by atoms with van der Waals surface area (Å²) in [6, 6.07) is 0. The first kappa shape index (κ1) is 7.25. The summed E-state index contributed by atoms with van der Waals surface area (Å²) in [7, 11) is 1.47. The highest BCUT2D eigenvalue weighted by atomic mass is 16.6. The number of hydrogen-bond acceptors (Lipinski definition) is 3. The van der Waals surface area contributed by atoms with Crippen molar-refractivity contribution in [2.45, 2.75) is 25.7 Å². The van der Waals surface area contributed by atoms with Gasteiger partial charge in [-0.2, -0.15) is 0 Å². The minimum absolute atomic E-state index is 0.146. The van der Waals surface area contributed by atoms with Crippen molar-refractivity contribution < 1.29 is 9.63 Å². The molecular weight excluding hydrogens is 130 g/mol. The van der Waals surface area contributed by atoms with E-state index in [1.54, 1.807) is 0 Å². The van der Waals surface area contributed by atoms with E-state index < -0.39 is 0 Å². The predicted octanol–water partition coefficient (Wildman–Crippen LogP) is 1.13. The smallest absolute Gasteiger partial charge is 0.180 e. The number of rotatable bonds is 1. The number of hydrogen-bond donors (Lipinski definition) is 0. The molecular formula is C7H11NO2. The Morgan fingerprint density at radius 1 is 1.40 bits per heavy atom. The van der Waals surface area contributed by atoms with Crippen LogP contribution in [-0.2, 0) is 9.63 Å². The highest BCUT2D eigenvalue weighted by Crippen LogP contribution is 2.11. The minimum atomic E-state index is 0.146. The van der Waals surface area contributed by atoms with Crippen molar-refractivity contribution in [3.05, 3.63) is 0 Å². The first-order valence-electron chi connectivity index (χ1n) is 3.48. The number of ketones is 1. The predicted molar refractivity (Wildman–Crippen MR) is 37.9 cm³/mol. The molecule has 1 saturated carbocycles. The fourth-order valence-electron chi connectivity index (χ4n) is 1.07. The molecule has 0 bridgehead atoms. The lowest BCUT2D eigenvalue weighted by atomic mass is 9.97. The maximum Gasteiger partial charge on any atom is 0.180 e. The average molecular weight is 141 g/mol. The van der Waals surface area contributed by atoms with Gasteiger partial charge in [0.2, 0.25) is 0 Å². The first-order chi connectivity index (χ1) is 4.84. The molecule has 0 radical (unpaired) electrons. The van der Waals surface area contributed by atoms with Gasteiger partial charge in [0.05, 0.1) is 0 Å². The first-order valence-corrected chi connectivity index (χ1v) is 3.48. The molecule has 0 aliphatic heterocycles. The van der Waals surface area contributed by atoms with E-state index in [0.717, 1.165) is 19.3 Å². The molecule has 10 heavy (non-hydrogen) atoms. The zero-order valence-corrected chi connectivity index (χ0v) is 6.09. The van der Waals surface area contributed by atoms with E-state index in [0.29, 0.717) is 12.1 Å². The molecule has 56 valence electrons. The summed E-state index contributed by atoms with van der Waals surface area (Å²) >= 11 is 0. The Balaban J connectivity index is 2.56. The van der Waals surface area contributed by atoms with Crippen LogP contribution in [0.5, 0.6) is 0 Å². The van der Waals surface area contributed by atoms with Gasteiger partial charge in [-0.15, -0.1) is 0 Å². The number of carbonyl (C=O) groups is 1. The van der Waals surface area contributed by atoms with Gasteiger partial charge in [0.1, 0.15) is 12.8 Å². The summed E-state index contributed by atoms with van der Waals surface area (Å²) in [5, 5.41) is 3.63. The second kappa shape index (κ2) is 3.34. The second-order valence-corrected chi connectivity index (χ2v) is 2.35. The van der Waals surface area contributed by atoms with Gasteiger partial charge in [-0.05, 0) is 19.3 Å². The molecule has 1 aliphatic carbocycles. The van der Waals surface area contributed by atoms with Crippen molar-refractivity contribution in [2.75, 3.05) is 7.11 Å². The Morgan fingerprint density at radius 3 is 2.70 bits per heavy atom. The monoisotopic (exact) mass is 141 g/mol. The van der Waals surface area contributed by atoms with E-state index in [1.165, 1.54) is 7.11 Å². The topological polar surface area (TPSA) is 38.7 Å². The minimum Gasteiger partial charge on any atom is -0.399 e. The van der Waals surface area contributed by atoms with Gasteiger partial charge in [0, 0.05) is 6.42 Å². The van der Waals surface area contributed by atoms with Crippen LogP contribution in [0.3, 0.4) is 0 Å². The van der Waals surface area contributed by atoms with E-state index in [2.05, 4.69) is 9.99 Å². The molecule has 0 atom stereocenters. The van der Waals surface area contributed by atoms with Crippen LogP contribution in [0.2, 0.25) is 0 Å². The summed E-state index contributed by atoms with van der Waals surface area (Å²) < 4.78 is 0. The van der Waals surface area contributed by atoms with E-state index in [4.69, 9.17) is 0 Å². The molecule has 0 spiro atoms. The standard InChI is InChI=1S/C7H11NO2/c1-10-8-6-4-2-3-5-7(6)9/h2-5H2,1H3. The maximum atomic E-state index is 11.0. The van der Waals surface area contributed by atoms with Crippen molar-refractivity contribution in [2.24, 2.45) is 5.16 Å². The molecule has 0 saturated heterocycles. The molecule has 0 aromatic rings. The van der Waals surface area contributed by atoms with Gasteiger partial charge in [0.15, 0.2) is 5.78 Å². The van der Waals surface area contributed by atoms with Crippen molar-refractivity contribution in [1.82, 2.24) is 0 Å². The van der Waals surface area contributed by atoms with E-state index in [1.807, 2.05) is 0 Å². The largest absolute Gasteiger partial charge is 0.399 e. The molecule has 1 fully saturated rings. The fourth-order valence-corrected chi connectivity index (χ4v) is 1.07. The third kappa shape index (κ3) is 1.56. The van der Waals surface area contributed by atoms with E-state index in [-0.39, 0.29) is 5.78 Å². The number of oxime groups is 1. The second-order valence-electron chi connectivity index (χ2n) is 2.35. The quantitative estimate of drug-likeness (QED) is 0.513. The Bertz CT molecular complexity index is 163. The molecule has 1 aliphatic rings. The zero-order chi connectivity index (χ0) is 7.40. The van der Waals surface area contributed by atoms with Crippen molar-refractivity contribution >= 4 is 11.5 Å². The molecule has 0 aromatic carbocycles. The van der Waals surface area contributed by atoms with Crippen molar-refractivity contribution in [3.63, 3.8) is 0 Å². The summed E-state index contributed by atoms with van der Waals surface area (Å²) in [4.78, 5) is 15.5. The fraction of sp³-hybridized carbons (Fsp3) is 0.714. The van der Waals surface area contributed by atoms with E-state index in [9.17, 15) is 4.79 Å². The van der Waals surface area contributed by atoms with Crippen LogP contribution in [0.1, 0.15) is 25.7 Å². The number of carbonyl (C=O) groups excluding carboxylic acids is 1. The third-order valence-electron chi connectivity index (χ3n) is 1.59. The van der Waals surface area contributed by atoms with Crippen LogP contribution in [0.4, 0.5) is 0 Å². The van der Waals surface area contributed by atoms with Crippen molar-refractivity contribution in [3.8, 4) is 0 Å². The van der Waals surface area contributed by atoms with Gasteiger partial charge in [0.25, 0.3) is 0 Å². The third-order valence-corrected chi connectivity index (χ3v) is 1.59. The van der Waals surface area contributed by atoms with Crippen LogP contribution < -0.4 is 0 Å². The highest BCUT2D eigenvalue weighted by Gasteiger charge is 2.16. The van der Waals surface area contributed by atoms with Gasteiger partial charge in [-0.1, -0.05) is 5.16 Å². The maximum absolute atomic E-state index is 11.0. The van der Waals surface area contributed by atoms with Gasteiger partial charge in [-0.25, -0.2) is 0 Å². The van der Waals surface area contributed by atoms with Crippen LogP contribution >= 0.6 is 0 Å². The molecule has 0 N–H and O–H groups in total. The summed E-state index contributed by atoms with van der Waals surface area (Å²) in [5.41, 5.74) is 0.605. The molecule has 0 heterocycles. The van der Waals surface area contributed by atoms with Gasteiger partial charge < -0.3 is 4.84 Å². The van der Waals surface area contributed by atoms with Crippen LogP contribution in [0.25, 0.3) is 0 Å². The number of Topliss-reactive ketones (excluding diaryl/α,β-unsaturated/α-hetero) is 1. The van der Waals surface area contributed by atoms with E-state index >= 15 is 0 Å². The van der Waals surface area contributed by atoms with Crippen LogP contribution in [-0.4, -0.2) is 18.6 Å². The zero-order valence-electron chi connectivity index (χ0n) is 6.09. The Labute approximate surface area is 60.0 Å². The van der Waals surface area contributed by atoms with Gasteiger partial charge >= 0.3 is 0 Å². The Hall–Kier alpha value is -0.860. The molecule has 0 amide bonds. The molecule has 0 unspecified atom stereocenters. The molecule has 3 nitrogen and oxygen atoms in total. The normalized spacial score (nSPS) is 23.3. The SMILES string of the molecule is CON=C1CCCCC1=O. The lowest BCUT2D eigenvalue weighted by molar-refractivity contribution is -0.113. The lowest BCUT2D eigenvalue weighted by Gasteiger charge is -2.09. The lowest BCUT2D eigenvalue weighted by Crippen LogP contribution is -2.18. The van der Waals surface area contributed by atoms with Crippen molar-refractivity contribution in [1.29, 1.82) is 0 Å². The summed E-state index contributed by atoms with van der Waals surface area (Å²) in [6.45, 7) is 0. The Kier molecular flexibility index (Phi) is 2.42. The van der Waals surface area contributed by atoms with Crippen LogP contribution in [0, 0.1) is 0 Å². The van der Waals surface area contributed by atoms with Crippen LogP contribution in [0.15, 0.2) is 5.16 Å². The number of nitrogens with zero attached hydrogens (tertiary/aromatic N) is 1. The summed E-state index contributed by atoms with van der Waals surface area (Å²) in [5.74, 6) is 0.146. The summed E-state index contributed by atoms with van der Waals surface area (Å²) in [6.07, 6.45) is 3.49. The molecule has 3 heteroatoms. The highest BCUT2D eigenvalue weighted by molar-refractivity contribution is 6.40. The van der Waals surface area contributed by atoms with Gasteiger partial charge in [-0.3, -0.25) is 4.79 Å². The molecule has 1 rings (SSSR count). The Morgan fingerprint density at radius 2 is 2.10 bits per heavy atom.